The number of aryl methyl sites for hydroxylation is 1. The van der Waals surface area contributed by atoms with Crippen molar-refractivity contribution in [1.29, 1.82) is 0 Å². The van der Waals surface area contributed by atoms with Gasteiger partial charge in [0.2, 0.25) is 0 Å². The van der Waals surface area contributed by atoms with E-state index in [0.717, 1.165) is 0 Å². The minimum Gasteiger partial charge on any atom is -0.448 e. The number of hydrogen-bond donors (Lipinski definition) is 2. The number of carbonyl (C=O) groups is 3. The fourth-order valence-electron chi connectivity index (χ4n) is 2.63. The summed E-state index contributed by atoms with van der Waals surface area (Å²) in [7, 11) is 0. The van der Waals surface area contributed by atoms with Gasteiger partial charge in [0, 0.05) is 27.0 Å². The third-order valence-corrected chi connectivity index (χ3v) is 4.21. The highest BCUT2D eigenvalue weighted by Gasteiger charge is 2.24. The predicted molar refractivity (Wildman–Crippen MR) is 100 cm³/mol. The molecule has 0 saturated heterocycles. The van der Waals surface area contributed by atoms with E-state index in [1.54, 1.807) is 13.8 Å². The molecule has 0 saturated carbocycles. The number of H-pyrrole nitrogens is 1. The first-order valence-corrected chi connectivity index (χ1v) is 8.53. The Kier molecular flexibility index (Phi) is 6.10. The van der Waals surface area contributed by atoms with Crippen LogP contribution >= 0.6 is 23.2 Å². The zero-order valence-corrected chi connectivity index (χ0v) is 16.2. The Bertz CT molecular complexity index is 869. The van der Waals surface area contributed by atoms with Crippen molar-refractivity contribution in [1.82, 2.24) is 4.98 Å². The van der Waals surface area contributed by atoms with Crippen molar-refractivity contribution in [3.05, 3.63) is 50.8 Å². The van der Waals surface area contributed by atoms with Gasteiger partial charge in [-0.1, -0.05) is 23.2 Å². The molecule has 0 spiro atoms. The summed E-state index contributed by atoms with van der Waals surface area (Å²) in [5, 5.41) is 3.31. The second kappa shape index (κ2) is 7.93. The number of Topliss-reactive ketones (excluding diaryl/α,β-unsaturated/α-hetero) is 1. The molecular formula is C18H18Cl2N2O4. The number of amides is 1. The molecule has 0 aliphatic carbocycles. The predicted octanol–water partition coefficient (Wildman–Crippen LogP) is 4.32. The van der Waals surface area contributed by atoms with Gasteiger partial charge in [-0.05, 0) is 51.5 Å². The molecule has 2 rings (SSSR count). The molecule has 138 valence electrons. The van der Waals surface area contributed by atoms with E-state index in [1.165, 1.54) is 32.0 Å². The van der Waals surface area contributed by atoms with Crippen LogP contribution in [0.4, 0.5) is 5.69 Å². The number of rotatable bonds is 5. The van der Waals surface area contributed by atoms with E-state index in [2.05, 4.69) is 10.3 Å². The van der Waals surface area contributed by atoms with Gasteiger partial charge in [-0.3, -0.25) is 9.59 Å². The number of aromatic nitrogens is 1. The smallest absolute Gasteiger partial charge is 0.355 e. The van der Waals surface area contributed by atoms with E-state index in [-0.39, 0.29) is 11.5 Å². The quantitative estimate of drug-likeness (QED) is 0.581. The maximum Gasteiger partial charge on any atom is 0.355 e. The Morgan fingerprint density at radius 1 is 1.12 bits per heavy atom. The van der Waals surface area contributed by atoms with Crippen LogP contribution in [0, 0.1) is 13.8 Å². The summed E-state index contributed by atoms with van der Waals surface area (Å²) < 4.78 is 5.20. The van der Waals surface area contributed by atoms with E-state index in [1.807, 2.05) is 0 Å². The van der Waals surface area contributed by atoms with Crippen LogP contribution < -0.4 is 5.32 Å². The first kappa shape index (κ1) is 20.0. The average molecular weight is 397 g/mol. The van der Waals surface area contributed by atoms with Crippen LogP contribution in [-0.2, 0) is 9.53 Å². The zero-order valence-electron chi connectivity index (χ0n) is 14.7. The Balaban J connectivity index is 2.10. The highest BCUT2D eigenvalue weighted by molar-refractivity contribution is 6.35. The molecule has 26 heavy (non-hydrogen) atoms. The molecular weight excluding hydrogens is 379 g/mol. The Labute approximate surface area is 160 Å². The van der Waals surface area contributed by atoms with Crippen molar-refractivity contribution in [2.75, 3.05) is 5.32 Å². The molecule has 1 unspecified atom stereocenters. The van der Waals surface area contributed by atoms with Gasteiger partial charge in [0.15, 0.2) is 11.9 Å². The maximum absolute atomic E-state index is 12.3. The summed E-state index contributed by atoms with van der Waals surface area (Å²) in [5.41, 5.74) is 2.06. The van der Waals surface area contributed by atoms with Crippen molar-refractivity contribution in [2.45, 2.75) is 33.8 Å². The van der Waals surface area contributed by atoms with Crippen LogP contribution in [0.25, 0.3) is 0 Å². The molecule has 1 aromatic carbocycles. The highest BCUT2D eigenvalue weighted by atomic mass is 35.5. The number of hydrogen-bond acceptors (Lipinski definition) is 4. The fourth-order valence-corrected chi connectivity index (χ4v) is 3.15. The van der Waals surface area contributed by atoms with E-state index in [9.17, 15) is 14.4 Å². The van der Waals surface area contributed by atoms with Crippen LogP contribution in [0.1, 0.15) is 46.0 Å². The van der Waals surface area contributed by atoms with Gasteiger partial charge in [0.1, 0.15) is 5.69 Å². The molecule has 0 aliphatic heterocycles. The molecule has 8 heteroatoms. The van der Waals surface area contributed by atoms with Gasteiger partial charge in [-0.25, -0.2) is 4.79 Å². The number of ether oxygens (including phenoxy) is 1. The minimum absolute atomic E-state index is 0.151. The summed E-state index contributed by atoms with van der Waals surface area (Å²) >= 11 is 11.8. The number of ketones is 1. The topological polar surface area (TPSA) is 88.3 Å². The van der Waals surface area contributed by atoms with Crippen LogP contribution in [0.2, 0.25) is 10.0 Å². The van der Waals surface area contributed by atoms with Crippen molar-refractivity contribution < 1.29 is 19.1 Å². The summed E-state index contributed by atoms with van der Waals surface area (Å²) in [6.07, 6.45) is -1.07. The molecule has 1 amide bonds. The number of carbonyl (C=O) groups excluding carboxylic acids is 3. The molecule has 0 aliphatic rings. The number of aromatic amines is 1. The van der Waals surface area contributed by atoms with E-state index in [0.29, 0.717) is 32.6 Å². The van der Waals surface area contributed by atoms with Gasteiger partial charge < -0.3 is 15.0 Å². The van der Waals surface area contributed by atoms with Crippen molar-refractivity contribution in [2.24, 2.45) is 0 Å². The Hall–Kier alpha value is -2.31. The number of benzene rings is 1. The lowest BCUT2D eigenvalue weighted by atomic mass is 10.1. The molecule has 6 nitrogen and oxygen atoms in total. The average Bonchev–Trinajstić information content (AvgIpc) is 2.80. The Morgan fingerprint density at radius 2 is 1.69 bits per heavy atom. The van der Waals surface area contributed by atoms with Gasteiger partial charge in [0.25, 0.3) is 5.91 Å². The van der Waals surface area contributed by atoms with Gasteiger partial charge in [0.05, 0.1) is 0 Å². The summed E-state index contributed by atoms with van der Waals surface area (Å²) in [5.74, 6) is -1.41. The zero-order chi connectivity index (χ0) is 19.6. The Morgan fingerprint density at radius 3 is 2.19 bits per heavy atom. The number of halogens is 2. The lowest BCUT2D eigenvalue weighted by Gasteiger charge is -2.14. The van der Waals surface area contributed by atoms with Crippen LogP contribution in [0.15, 0.2) is 18.2 Å². The first-order valence-electron chi connectivity index (χ1n) is 7.78. The van der Waals surface area contributed by atoms with Gasteiger partial charge in [-0.15, -0.1) is 0 Å². The third kappa shape index (κ3) is 4.45. The van der Waals surface area contributed by atoms with Crippen molar-refractivity contribution in [3.63, 3.8) is 0 Å². The lowest BCUT2D eigenvalue weighted by molar-refractivity contribution is -0.123. The van der Waals surface area contributed by atoms with Crippen LogP contribution in [-0.4, -0.2) is 28.7 Å². The van der Waals surface area contributed by atoms with Crippen molar-refractivity contribution in [3.8, 4) is 0 Å². The van der Waals surface area contributed by atoms with E-state index in [4.69, 9.17) is 27.9 Å². The largest absolute Gasteiger partial charge is 0.448 e. The molecule has 1 atom stereocenters. The summed E-state index contributed by atoms with van der Waals surface area (Å²) in [4.78, 5) is 39.1. The SMILES string of the molecule is CC(=O)c1c(C)[nH]c(C(=O)OC(C)C(=O)Nc2cc(Cl)cc(Cl)c2)c1C. The molecule has 1 heterocycles. The standard InChI is InChI=1S/C18H18Cl2N2O4/c1-8-15(10(3)23)9(2)21-16(8)18(25)26-11(4)17(24)22-14-6-12(19)5-13(20)7-14/h5-7,11,21H,1-4H3,(H,22,24). The molecule has 1 aromatic heterocycles. The number of anilines is 1. The molecule has 2 aromatic rings. The van der Waals surface area contributed by atoms with E-state index >= 15 is 0 Å². The molecule has 0 bridgehead atoms. The van der Waals surface area contributed by atoms with E-state index < -0.39 is 18.0 Å². The maximum atomic E-state index is 12.3. The van der Waals surface area contributed by atoms with Crippen LogP contribution in [0.3, 0.4) is 0 Å². The van der Waals surface area contributed by atoms with Gasteiger partial charge >= 0.3 is 5.97 Å². The molecule has 0 fully saturated rings. The van der Waals surface area contributed by atoms with Crippen molar-refractivity contribution >= 4 is 46.5 Å². The third-order valence-electron chi connectivity index (χ3n) is 3.78. The monoisotopic (exact) mass is 396 g/mol. The highest BCUT2D eigenvalue weighted by Crippen LogP contribution is 2.23. The molecule has 2 N–H and O–H groups in total. The number of nitrogens with one attached hydrogen (secondary N) is 2. The minimum atomic E-state index is -1.07. The first-order chi connectivity index (χ1) is 12.1. The second-order valence-corrected chi connectivity index (χ2v) is 6.75. The fraction of sp³-hybridized carbons (Fsp3) is 0.278. The summed E-state index contributed by atoms with van der Waals surface area (Å²) in [6.45, 7) is 6.20. The summed E-state index contributed by atoms with van der Waals surface area (Å²) in [6, 6.07) is 4.58. The normalized spacial score (nSPS) is 11.8. The lowest BCUT2D eigenvalue weighted by Crippen LogP contribution is -2.30. The second-order valence-electron chi connectivity index (χ2n) is 5.88. The van der Waals surface area contributed by atoms with Crippen LogP contribution in [0.5, 0.6) is 0 Å². The molecule has 0 radical (unpaired) electrons. The number of esters is 1. The van der Waals surface area contributed by atoms with Gasteiger partial charge in [-0.2, -0.15) is 0 Å².